The zero-order valence-corrected chi connectivity index (χ0v) is 9.55. The van der Waals surface area contributed by atoms with Gasteiger partial charge in [-0.2, -0.15) is 0 Å². The lowest BCUT2D eigenvalue weighted by Gasteiger charge is -2.09. The number of rotatable bonds is 4. The fraction of sp³-hybridized carbons (Fsp3) is 0.125. The summed E-state index contributed by atoms with van der Waals surface area (Å²) in [5.74, 6) is -1.41. The number of benzene rings is 1. The number of phosphoric ester groups is 1. The predicted molar refractivity (Wildman–Crippen MR) is 55.3 cm³/mol. The molecule has 0 unspecified atom stereocenters. The number of phenols is 1. The van der Waals surface area contributed by atoms with Crippen LogP contribution in [-0.4, -0.2) is 27.9 Å². The van der Waals surface area contributed by atoms with Crippen molar-refractivity contribution in [1.82, 2.24) is 5.48 Å². The second-order valence-corrected chi connectivity index (χ2v) is 4.06. The Morgan fingerprint density at radius 1 is 1.41 bits per heavy atom. The van der Waals surface area contributed by atoms with Crippen LogP contribution < -0.4 is 10.0 Å². The molecule has 0 aliphatic rings. The molecule has 0 aliphatic heterocycles. The Labute approximate surface area is 96.0 Å². The molecule has 0 aliphatic carbocycles. The second-order valence-electron chi connectivity index (χ2n) is 2.90. The monoisotopic (exact) mass is 263 g/mol. The van der Waals surface area contributed by atoms with Gasteiger partial charge in [-0.3, -0.25) is 19.4 Å². The lowest BCUT2D eigenvalue weighted by Crippen LogP contribution is -2.21. The number of phenolic OH excluding ortho intramolecular Hbond substituents is 1. The third-order valence-electron chi connectivity index (χ3n) is 1.63. The smallest absolute Gasteiger partial charge is 0.507 e. The maximum absolute atomic E-state index is 11.3. The molecular formula is C8H10NO7P. The van der Waals surface area contributed by atoms with Crippen molar-refractivity contribution in [1.29, 1.82) is 0 Å². The molecule has 0 saturated carbocycles. The van der Waals surface area contributed by atoms with Gasteiger partial charge in [0.1, 0.15) is 11.5 Å². The Bertz CT molecular complexity index is 469. The summed E-state index contributed by atoms with van der Waals surface area (Å²) in [5, 5.41) is 9.36. The van der Waals surface area contributed by atoms with Crippen LogP contribution in [0.4, 0.5) is 0 Å². The first kappa shape index (κ1) is 13.5. The van der Waals surface area contributed by atoms with Crippen LogP contribution in [0.2, 0.25) is 0 Å². The van der Waals surface area contributed by atoms with Crippen LogP contribution in [0.5, 0.6) is 11.5 Å². The van der Waals surface area contributed by atoms with E-state index >= 15 is 0 Å². The Kier molecular flexibility index (Phi) is 4.08. The molecule has 4 N–H and O–H groups in total. The number of nitrogens with one attached hydrogen (secondary N) is 1. The minimum atomic E-state index is -4.71. The Hall–Kier alpha value is -1.60. The van der Waals surface area contributed by atoms with Gasteiger partial charge in [0.05, 0.1) is 12.7 Å². The van der Waals surface area contributed by atoms with Gasteiger partial charge in [-0.05, 0) is 18.2 Å². The van der Waals surface area contributed by atoms with Gasteiger partial charge in [0, 0.05) is 0 Å². The Balaban J connectivity index is 3.02. The van der Waals surface area contributed by atoms with Crippen molar-refractivity contribution in [2.24, 2.45) is 0 Å². The molecule has 1 rings (SSSR count). The highest BCUT2D eigenvalue weighted by Crippen LogP contribution is 2.38. The summed E-state index contributed by atoms with van der Waals surface area (Å²) in [6, 6.07) is 3.15. The normalized spacial score (nSPS) is 11.0. The maximum Gasteiger partial charge on any atom is 0.524 e. The van der Waals surface area contributed by atoms with E-state index in [-0.39, 0.29) is 17.1 Å². The summed E-state index contributed by atoms with van der Waals surface area (Å²) in [6.07, 6.45) is 0. The zero-order chi connectivity index (χ0) is 13.1. The predicted octanol–water partition coefficient (Wildman–Crippen LogP) is 0.155. The molecule has 0 heterocycles. The minimum absolute atomic E-state index is 0.238. The van der Waals surface area contributed by atoms with Crippen LogP contribution in [0.15, 0.2) is 18.2 Å². The Morgan fingerprint density at radius 2 is 2.06 bits per heavy atom. The average Bonchev–Trinajstić information content (AvgIpc) is 2.19. The van der Waals surface area contributed by atoms with Crippen LogP contribution in [-0.2, 0) is 9.40 Å². The number of hydrogen-bond donors (Lipinski definition) is 4. The molecule has 0 atom stereocenters. The number of hydroxylamine groups is 1. The topological polar surface area (TPSA) is 125 Å². The van der Waals surface area contributed by atoms with Crippen molar-refractivity contribution in [3.05, 3.63) is 23.8 Å². The number of phosphoric acid groups is 1. The van der Waals surface area contributed by atoms with E-state index in [1.165, 1.54) is 7.11 Å². The fourth-order valence-electron chi connectivity index (χ4n) is 1.04. The van der Waals surface area contributed by atoms with Crippen LogP contribution in [0, 0.1) is 0 Å². The SMILES string of the molecule is CONC(=O)c1cc(OP(=O)(O)O)ccc1O. The van der Waals surface area contributed by atoms with Crippen LogP contribution >= 0.6 is 7.82 Å². The molecular weight excluding hydrogens is 253 g/mol. The first-order chi connectivity index (χ1) is 7.83. The lowest BCUT2D eigenvalue weighted by molar-refractivity contribution is 0.0534. The van der Waals surface area contributed by atoms with Crippen molar-refractivity contribution < 1.29 is 33.6 Å². The summed E-state index contributed by atoms with van der Waals surface area (Å²) in [4.78, 5) is 32.8. The second kappa shape index (κ2) is 5.15. The van der Waals surface area contributed by atoms with Crippen molar-refractivity contribution >= 4 is 13.7 Å². The van der Waals surface area contributed by atoms with Crippen molar-refractivity contribution in [2.45, 2.75) is 0 Å². The zero-order valence-electron chi connectivity index (χ0n) is 8.65. The molecule has 0 radical (unpaired) electrons. The highest BCUT2D eigenvalue weighted by atomic mass is 31.2. The minimum Gasteiger partial charge on any atom is -0.507 e. The van der Waals surface area contributed by atoms with E-state index in [1.807, 2.05) is 5.48 Å². The molecule has 9 heteroatoms. The number of aromatic hydroxyl groups is 1. The molecule has 8 nitrogen and oxygen atoms in total. The summed E-state index contributed by atoms with van der Waals surface area (Å²) >= 11 is 0. The van der Waals surface area contributed by atoms with Gasteiger partial charge in [-0.25, -0.2) is 10.0 Å². The third-order valence-corrected chi connectivity index (χ3v) is 2.08. The molecule has 94 valence electrons. The average molecular weight is 263 g/mol. The number of amides is 1. The van der Waals surface area contributed by atoms with Gasteiger partial charge in [-0.1, -0.05) is 0 Å². The van der Waals surface area contributed by atoms with Gasteiger partial charge in [0.15, 0.2) is 0 Å². The molecule has 0 saturated heterocycles. The standard InChI is InChI=1S/C8H10NO7P/c1-15-9-8(11)6-4-5(2-3-7(6)10)16-17(12,13)14/h2-4,10H,1H3,(H,9,11)(H2,12,13,14). The van der Waals surface area contributed by atoms with Gasteiger partial charge in [0.2, 0.25) is 0 Å². The van der Waals surface area contributed by atoms with E-state index in [4.69, 9.17) is 9.79 Å². The van der Waals surface area contributed by atoms with Crippen LogP contribution in [0.3, 0.4) is 0 Å². The van der Waals surface area contributed by atoms with E-state index < -0.39 is 13.7 Å². The summed E-state index contributed by atoms with van der Waals surface area (Å²) in [6.45, 7) is 0. The number of carbonyl (C=O) groups excluding carboxylic acids is 1. The van der Waals surface area contributed by atoms with Crippen molar-refractivity contribution in [2.75, 3.05) is 7.11 Å². The largest absolute Gasteiger partial charge is 0.524 e. The molecule has 0 spiro atoms. The molecule has 1 amide bonds. The van der Waals surface area contributed by atoms with E-state index in [0.717, 1.165) is 18.2 Å². The maximum atomic E-state index is 11.3. The fourth-order valence-corrected chi connectivity index (χ4v) is 1.43. The summed E-state index contributed by atoms with van der Waals surface area (Å²) < 4.78 is 14.8. The van der Waals surface area contributed by atoms with E-state index in [1.54, 1.807) is 0 Å². The highest BCUT2D eigenvalue weighted by molar-refractivity contribution is 7.46. The van der Waals surface area contributed by atoms with Crippen molar-refractivity contribution in [3.63, 3.8) is 0 Å². The van der Waals surface area contributed by atoms with Crippen LogP contribution in [0.1, 0.15) is 10.4 Å². The third kappa shape index (κ3) is 4.04. The number of hydrogen-bond acceptors (Lipinski definition) is 5. The summed E-state index contributed by atoms with van der Waals surface area (Å²) in [5.41, 5.74) is 1.71. The highest BCUT2D eigenvalue weighted by Gasteiger charge is 2.18. The van der Waals surface area contributed by atoms with Gasteiger partial charge in [0.25, 0.3) is 5.91 Å². The van der Waals surface area contributed by atoms with Gasteiger partial charge in [-0.15, -0.1) is 0 Å². The molecule has 0 fully saturated rings. The Morgan fingerprint density at radius 3 is 2.59 bits per heavy atom. The van der Waals surface area contributed by atoms with Gasteiger partial charge >= 0.3 is 7.82 Å². The van der Waals surface area contributed by atoms with E-state index in [2.05, 4.69) is 9.36 Å². The van der Waals surface area contributed by atoms with Gasteiger partial charge < -0.3 is 9.63 Å². The van der Waals surface area contributed by atoms with Crippen LogP contribution in [0.25, 0.3) is 0 Å². The quantitative estimate of drug-likeness (QED) is 0.450. The first-order valence-electron chi connectivity index (χ1n) is 4.25. The van der Waals surface area contributed by atoms with E-state index in [0.29, 0.717) is 0 Å². The molecule has 1 aromatic rings. The molecule has 1 aromatic carbocycles. The van der Waals surface area contributed by atoms with Crippen molar-refractivity contribution in [3.8, 4) is 11.5 Å². The molecule has 0 aromatic heterocycles. The summed E-state index contributed by atoms with van der Waals surface area (Å²) in [7, 11) is -3.51. The first-order valence-corrected chi connectivity index (χ1v) is 5.78. The van der Waals surface area contributed by atoms with E-state index in [9.17, 15) is 14.5 Å². The molecule has 0 bridgehead atoms. The number of carbonyl (C=O) groups is 1. The molecule has 17 heavy (non-hydrogen) atoms. The lowest BCUT2D eigenvalue weighted by atomic mass is 10.2.